The minimum absolute atomic E-state index is 0.175. The summed E-state index contributed by atoms with van der Waals surface area (Å²) in [4.78, 5) is 39.5. The van der Waals surface area contributed by atoms with Gasteiger partial charge in [0.2, 0.25) is 11.8 Å². The third-order valence-electron chi connectivity index (χ3n) is 5.33. The Morgan fingerprint density at radius 2 is 1.88 bits per heavy atom. The molecule has 0 aliphatic carbocycles. The average Bonchev–Trinajstić information content (AvgIpc) is 3.30. The number of anilines is 1. The second-order valence-corrected chi connectivity index (χ2v) is 7.46. The molecular weight excluding hydrogens is 324 g/mol. The van der Waals surface area contributed by atoms with Gasteiger partial charge in [-0.15, -0.1) is 0 Å². The zero-order chi connectivity index (χ0) is 17.9. The maximum Gasteiger partial charge on any atom is 0.271 e. The summed E-state index contributed by atoms with van der Waals surface area (Å²) >= 11 is 0. The van der Waals surface area contributed by atoms with E-state index in [9.17, 15) is 14.4 Å². The molecule has 4 heterocycles. The molecule has 1 N–H and O–H groups in total. The van der Waals surface area contributed by atoms with Crippen LogP contribution >= 0.6 is 0 Å². The Hall–Kier alpha value is -2.22. The van der Waals surface area contributed by atoms with Crippen LogP contribution in [0.2, 0.25) is 0 Å². The largest absolute Gasteiger partial charge is 0.373 e. The Labute approximate surface area is 145 Å². The topological polar surface area (TPSA) is 93.5 Å². The fraction of sp³-hybridized carbons (Fsp3) is 0.647. The van der Waals surface area contributed by atoms with Gasteiger partial charge < -0.3 is 10.1 Å². The fourth-order valence-electron chi connectivity index (χ4n) is 4.18. The lowest BCUT2D eigenvalue weighted by molar-refractivity contribution is -0.124. The van der Waals surface area contributed by atoms with E-state index in [0.29, 0.717) is 12.5 Å². The lowest BCUT2D eigenvalue weighted by atomic mass is 9.81. The third-order valence-corrected chi connectivity index (χ3v) is 5.33. The number of carbonyl (C=O) groups is 3. The normalized spacial score (nSPS) is 30.5. The van der Waals surface area contributed by atoms with Crippen molar-refractivity contribution < 1.29 is 19.1 Å². The first-order valence-corrected chi connectivity index (χ1v) is 8.73. The number of amides is 3. The van der Waals surface area contributed by atoms with Gasteiger partial charge in [-0.2, -0.15) is 5.10 Å². The van der Waals surface area contributed by atoms with Gasteiger partial charge in [-0.3, -0.25) is 19.1 Å². The SMILES string of the molecule is CC(C)CNC(=O)c1c(N2C(=O)[C@@H]3[C@@H](C2=O)[C@H]2CC[C@@H]3O2)cnn1C. The standard InChI is InChI=1S/C17H22N4O4/c1-8(2)6-18-15(22)14-9(7-19-20(14)3)21-16(23)12-10-4-5-11(25-10)13(12)17(21)24/h7-8,10-13H,4-6H2,1-3H3,(H,18,22)/t10-,11+,12-,13-/m0/s1. The Bertz CT molecular complexity index is 728. The maximum atomic E-state index is 12.9. The zero-order valence-electron chi connectivity index (χ0n) is 14.6. The molecule has 0 aromatic carbocycles. The number of fused-ring (bicyclic) bond motifs is 5. The molecule has 0 radical (unpaired) electrons. The van der Waals surface area contributed by atoms with Crippen molar-refractivity contribution >= 4 is 23.4 Å². The van der Waals surface area contributed by atoms with Gasteiger partial charge in [0.05, 0.1) is 30.2 Å². The van der Waals surface area contributed by atoms with E-state index in [1.54, 1.807) is 7.05 Å². The summed E-state index contributed by atoms with van der Waals surface area (Å²) < 4.78 is 7.15. The minimum Gasteiger partial charge on any atom is -0.373 e. The van der Waals surface area contributed by atoms with Crippen molar-refractivity contribution in [2.24, 2.45) is 24.8 Å². The van der Waals surface area contributed by atoms with Crippen LogP contribution in [0, 0.1) is 17.8 Å². The van der Waals surface area contributed by atoms with E-state index in [1.807, 2.05) is 13.8 Å². The van der Waals surface area contributed by atoms with Crippen molar-refractivity contribution in [3.8, 4) is 0 Å². The van der Waals surface area contributed by atoms with Crippen molar-refractivity contribution in [3.63, 3.8) is 0 Å². The molecule has 3 aliphatic rings. The second kappa shape index (κ2) is 5.66. The highest BCUT2D eigenvalue weighted by molar-refractivity contribution is 6.24. The van der Waals surface area contributed by atoms with Gasteiger partial charge in [0, 0.05) is 13.6 Å². The summed E-state index contributed by atoms with van der Waals surface area (Å²) in [5.41, 5.74) is 0.503. The van der Waals surface area contributed by atoms with E-state index < -0.39 is 11.8 Å². The lowest BCUT2D eigenvalue weighted by Gasteiger charge is -2.18. The number of ether oxygens (including phenoxy) is 1. The Kier molecular flexibility index (Phi) is 3.68. The van der Waals surface area contributed by atoms with Gasteiger partial charge in [-0.25, -0.2) is 4.90 Å². The number of rotatable bonds is 4. The van der Waals surface area contributed by atoms with E-state index >= 15 is 0 Å². The van der Waals surface area contributed by atoms with Crippen molar-refractivity contribution in [3.05, 3.63) is 11.9 Å². The quantitative estimate of drug-likeness (QED) is 0.800. The number of nitrogens with zero attached hydrogens (tertiary/aromatic N) is 3. The summed E-state index contributed by atoms with van der Waals surface area (Å²) in [6.45, 7) is 4.50. The lowest BCUT2D eigenvalue weighted by Crippen LogP contribution is -2.37. The number of imide groups is 1. The Balaban J connectivity index is 1.66. The molecule has 3 aliphatic heterocycles. The van der Waals surface area contributed by atoms with E-state index in [2.05, 4.69) is 10.4 Å². The van der Waals surface area contributed by atoms with Gasteiger partial charge in [-0.05, 0) is 18.8 Å². The summed E-state index contributed by atoms with van der Waals surface area (Å²) in [6, 6.07) is 0. The molecule has 8 nitrogen and oxygen atoms in total. The van der Waals surface area contributed by atoms with Gasteiger partial charge in [0.25, 0.3) is 5.91 Å². The van der Waals surface area contributed by atoms with E-state index in [4.69, 9.17) is 4.74 Å². The highest BCUT2D eigenvalue weighted by atomic mass is 16.5. The molecule has 3 fully saturated rings. The number of carbonyl (C=O) groups excluding carboxylic acids is 3. The van der Waals surface area contributed by atoms with Gasteiger partial charge in [0.15, 0.2) is 0 Å². The summed E-state index contributed by atoms with van der Waals surface area (Å²) in [6.07, 6.45) is 2.70. The Morgan fingerprint density at radius 1 is 1.28 bits per heavy atom. The molecule has 1 aromatic rings. The van der Waals surface area contributed by atoms with Crippen LogP contribution in [0.15, 0.2) is 6.20 Å². The summed E-state index contributed by atoms with van der Waals surface area (Å²) in [7, 11) is 1.63. The van der Waals surface area contributed by atoms with Crippen LogP contribution in [0.5, 0.6) is 0 Å². The molecule has 3 saturated heterocycles. The average molecular weight is 346 g/mol. The Morgan fingerprint density at radius 3 is 2.44 bits per heavy atom. The predicted molar refractivity (Wildman–Crippen MR) is 87.7 cm³/mol. The molecule has 134 valence electrons. The van der Waals surface area contributed by atoms with Crippen LogP contribution in [0.25, 0.3) is 0 Å². The number of aryl methyl sites for hydroxylation is 1. The molecule has 3 amide bonds. The number of nitrogens with one attached hydrogen (secondary N) is 1. The van der Waals surface area contributed by atoms with Gasteiger partial charge in [-0.1, -0.05) is 13.8 Å². The first-order valence-electron chi connectivity index (χ1n) is 8.73. The first-order chi connectivity index (χ1) is 11.9. The monoisotopic (exact) mass is 346 g/mol. The molecule has 25 heavy (non-hydrogen) atoms. The summed E-state index contributed by atoms with van der Waals surface area (Å²) in [5, 5.41) is 6.93. The predicted octanol–water partition coefficient (Wildman–Crippen LogP) is 0.473. The van der Waals surface area contributed by atoms with Crippen molar-refractivity contribution in [2.45, 2.75) is 38.9 Å². The molecule has 8 heteroatoms. The van der Waals surface area contributed by atoms with Crippen molar-refractivity contribution in [2.75, 3.05) is 11.4 Å². The first kappa shape index (κ1) is 16.3. The van der Waals surface area contributed by atoms with Crippen LogP contribution in [-0.2, 0) is 21.4 Å². The molecule has 2 bridgehead atoms. The molecule has 4 atom stereocenters. The molecule has 0 unspecified atom stereocenters. The van der Waals surface area contributed by atoms with Crippen LogP contribution in [0.4, 0.5) is 5.69 Å². The van der Waals surface area contributed by atoms with Gasteiger partial charge in [0.1, 0.15) is 11.4 Å². The van der Waals surface area contributed by atoms with E-state index in [1.165, 1.54) is 10.9 Å². The number of hydrogen-bond donors (Lipinski definition) is 1. The number of aromatic nitrogens is 2. The highest BCUT2D eigenvalue weighted by Gasteiger charge is 2.63. The van der Waals surface area contributed by atoms with Crippen molar-refractivity contribution in [1.29, 1.82) is 0 Å². The van der Waals surface area contributed by atoms with Crippen LogP contribution in [-0.4, -0.2) is 46.3 Å². The summed E-state index contributed by atoms with van der Waals surface area (Å²) in [5.74, 6) is -1.42. The van der Waals surface area contributed by atoms with Crippen LogP contribution in [0.1, 0.15) is 37.2 Å². The molecule has 0 spiro atoms. The minimum atomic E-state index is -0.418. The van der Waals surface area contributed by atoms with E-state index in [-0.39, 0.29) is 41.3 Å². The van der Waals surface area contributed by atoms with Crippen molar-refractivity contribution in [1.82, 2.24) is 15.1 Å². The van der Waals surface area contributed by atoms with E-state index in [0.717, 1.165) is 17.7 Å². The van der Waals surface area contributed by atoms with Gasteiger partial charge >= 0.3 is 0 Å². The number of hydrogen-bond acceptors (Lipinski definition) is 5. The smallest absolute Gasteiger partial charge is 0.271 e. The molecule has 1 aromatic heterocycles. The van der Waals surface area contributed by atoms with Crippen LogP contribution < -0.4 is 10.2 Å². The highest BCUT2D eigenvalue weighted by Crippen LogP contribution is 2.49. The molecule has 0 saturated carbocycles. The fourth-order valence-corrected chi connectivity index (χ4v) is 4.18. The zero-order valence-corrected chi connectivity index (χ0v) is 14.6. The second-order valence-electron chi connectivity index (χ2n) is 7.46. The molecular formula is C17H22N4O4. The third kappa shape index (κ3) is 2.31. The maximum absolute atomic E-state index is 12.9. The van der Waals surface area contributed by atoms with Crippen LogP contribution in [0.3, 0.4) is 0 Å². The molecule has 4 rings (SSSR count).